The quantitative estimate of drug-likeness (QED) is 0.476. The fourth-order valence-electron chi connectivity index (χ4n) is 4.21. The van der Waals surface area contributed by atoms with Crippen molar-refractivity contribution in [3.63, 3.8) is 0 Å². The number of aromatic nitrogens is 5. The highest BCUT2D eigenvalue weighted by Gasteiger charge is 2.39. The Balaban J connectivity index is 1.41. The van der Waals surface area contributed by atoms with Crippen molar-refractivity contribution in [2.24, 2.45) is 0 Å². The highest BCUT2D eigenvalue weighted by molar-refractivity contribution is 5.98. The van der Waals surface area contributed by atoms with Gasteiger partial charge in [-0.15, -0.1) is 0 Å². The topological polar surface area (TPSA) is 88.8 Å². The van der Waals surface area contributed by atoms with Crippen molar-refractivity contribution in [1.29, 1.82) is 0 Å². The van der Waals surface area contributed by atoms with Crippen LogP contribution in [0.5, 0.6) is 0 Å². The maximum absolute atomic E-state index is 14.0. The van der Waals surface area contributed by atoms with Crippen molar-refractivity contribution < 1.29 is 22.4 Å². The van der Waals surface area contributed by atoms with Crippen LogP contribution in [0, 0.1) is 5.82 Å². The Kier molecular flexibility index (Phi) is 5.06. The van der Waals surface area contributed by atoms with Gasteiger partial charge >= 0.3 is 6.18 Å². The number of halogens is 4. The Labute approximate surface area is 184 Å². The van der Waals surface area contributed by atoms with Crippen molar-refractivity contribution in [2.75, 3.05) is 11.9 Å². The van der Waals surface area contributed by atoms with Crippen LogP contribution in [0.25, 0.3) is 5.69 Å². The molecule has 33 heavy (non-hydrogen) atoms. The van der Waals surface area contributed by atoms with Crippen LogP contribution >= 0.6 is 0 Å². The molecule has 2 aromatic heterocycles. The van der Waals surface area contributed by atoms with E-state index in [4.69, 9.17) is 0 Å². The van der Waals surface area contributed by atoms with Crippen LogP contribution in [0.15, 0.2) is 54.6 Å². The molecule has 170 valence electrons. The molecule has 3 aromatic rings. The molecule has 3 aliphatic rings. The summed E-state index contributed by atoms with van der Waals surface area (Å²) in [6.07, 6.45) is 3.41. The zero-order chi connectivity index (χ0) is 23.2. The third kappa shape index (κ3) is 4.03. The van der Waals surface area contributed by atoms with Crippen molar-refractivity contribution >= 4 is 11.7 Å². The first-order valence-corrected chi connectivity index (χ1v) is 10.1. The molecule has 0 radical (unpaired) electrons. The summed E-state index contributed by atoms with van der Waals surface area (Å²) in [7, 11) is 0. The normalized spacial score (nSPS) is 20.0. The Hall–Kier alpha value is -3.83. The number of anilines is 1. The van der Waals surface area contributed by atoms with E-state index < -0.39 is 17.7 Å². The summed E-state index contributed by atoms with van der Waals surface area (Å²) in [5, 5.41) is 11.1. The van der Waals surface area contributed by atoms with Crippen LogP contribution in [-0.2, 0) is 6.18 Å². The Morgan fingerprint density at radius 2 is 1.91 bits per heavy atom. The average molecular weight is 459 g/mol. The summed E-state index contributed by atoms with van der Waals surface area (Å²) in [5.74, 6) is -0.787. The monoisotopic (exact) mass is 459 g/mol. The number of amides is 1. The molecule has 4 heterocycles. The molecule has 0 spiro atoms. The number of nitrogens with zero attached hydrogens (tertiary/aromatic N) is 6. The second-order valence-corrected chi connectivity index (χ2v) is 7.80. The van der Waals surface area contributed by atoms with E-state index in [0.717, 1.165) is 24.3 Å². The zero-order valence-corrected chi connectivity index (χ0v) is 17.0. The van der Waals surface area contributed by atoms with Gasteiger partial charge < -0.3 is 10.2 Å². The van der Waals surface area contributed by atoms with E-state index >= 15 is 0 Å². The third-order valence-electron chi connectivity index (χ3n) is 5.71. The molecule has 1 amide bonds. The van der Waals surface area contributed by atoms with Gasteiger partial charge in [-0.05, 0) is 31.0 Å². The predicted octanol–water partition coefficient (Wildman–Crippen LogP) is 3.24. The molecule has 12 heteroatoms. The lowest BCUT2D eigenvalue weighted by molar-refractivity contribution is -0.141. The molecule has 1 fully saturated rings. The molecule has 1 aromatic carbocycles. The standard InChI is InChI=1S/C21H17F4N7O/c22-13-2-4-16(32-28-5-6-29-32)14(8-13)20(33)31-11-12-1-3-17(31)15(7-12)30-19-10-26-18(9-27-19)21(23,24)25/h2,4-10,15,17H,1,3,11H2,(H,27,30). The fourth-order valence-corrected chi connectivity index (χ4v) is 4.21. The van der Waals surface area contributed by atoms with Crippen molar-refractivity contribution in [2.45, 2.75) is 31.1 Å². The van der Waals surface area contributed by atoms with Crippen LogP contribution < -0.4 is 5.32 Å². The number of piperidine rings is 1. The van der Waals surface area contributed by atoms with Gasteiger partial charge in [0, 0.05) is 6.54 Å². The first kappa shape index (κ1) is 21.0. The molecule has 2 unspecified atom stereocenters. The Morgan fingerprint density at radius 3 is 2.58 bits per heavy atom. The van der Waals surface area contributed by atoms with E-state index in [1.165, 1.54) is 29.3 Å². The number of fused-ring (bicyclic) bond motifs is 3. The van der Waals surface area contributed by atoms with E-state index in [2.05, 4.69) is 25.5 Å². The largest absolute Gasteiger partial charge is 0.434 e. The molecular weight excluding hydrogens is 442 g/mol. The summed E-state index contributed by atoms with van der Waals surface area (Å²) < 4.78 is 52.3. The number of carbonyl (C=O) groups excluding carboxylic acids is 1. The minimum absolute atomic E-state index is 0.118. The van der Waals surface area contributed by atoms with Crippen LogP contribution in [0.4, 0.5) is 23.4 Å². The maximum Gasteiger partial charge on any atom is 0.434 e. The van der Waals surface area contributed by atoms with Gasteiger partial charge in [0.15, 0.2) is 5.69 Å². The summed E-state index contributed by atoms with van der Waals surface area (Å²) in [5.41, 5.74) is 0.380. The number of nitrogens with one attached hydrogen (secondary N) is 1. The molecule has 1 saturated heterocycles. The molecule has 2 bridgehead atoms. The second kappa shape index (κ2) is 7.94. The van der Waals surface area contributed by atoms with E-state index in [1.54, 1.807) is 4.90 Å². The van der Waals surface area contributed by atoms with Crippen LogP contribution in [0.3, 0.4) is 0 Å². The summed E-state index contributed by atoms with van der Waals surface area (Å²) in [6.45, 7) is 0.378. The van der Waals surface area contributed by atoms with Gasteiger partial charge in [0.25, 0.3) is 5.91 Å². The van der Waals surface area contributed by atoms with Crippen LogP contribution in [0.2, 0.25) is 0 Å². The molecule has 8 nitrogen and oxygen atoms in total. The van der Waals surface area contributed by atoms with Crippen molar-refractivity contribution in [1.82, 2.24) is 29.9 Å². The lowest BCUT2D eigenvalue weighted by Crippen LogP contribution is -2.55. The van der Waals surface area contributed by atoms with Crippen molar-refractivity contribution in [3.8, 4) is 5.69 Å². The number of hydrogen-bond acceptors (Lipinski definition) is 6. The number of rotatable bonds is 4. The van der Waals surface area contributed by atoms with Gasteiger partial charge in [0.2, 0.25) is 0 Å². The van der Waals surface area contributed by atoms with E-state index in [9.17, 15) is 22.4 Å². The van der Waals surface area contributed by atoms with Gasteiger partial charge in [-0.25, -0.2) is 14.4 Å². The number of carbonyl (C=O) groups is 1. The SMILES string of the molecule is O=C(c1cc(F)ccc1-n1nccn1)N1CC2=CC(Nc3cnc(C(F)(F)F)cn3)C1CC2. The number of benzene rings is 1. The van der Waals surface area contributed by atoms with E-state index in [0.29, 0.717) is 24.8 Å². The zero-order valence-electron chi connectivity index (χ0n) is 17.0. The highest BCUT2D eigenvalue weighted by atomic mass is 19.4. The number of alkyl halides is 3. The average Bonchev–Trinajstić information content (AvgIpc) is 3.33. The lowest BCUT2D eigenvalue weighted by atomic mass is 9.84. The van der Waals surface area contributed by atoms with Gasteiger partial charge in [0.1, 0.15) is 11.6 Å². The molecule has 1 N–H and O–H groups in total. The fraction of sp³-hybridized carbons (Fsp3) is 0.286. The van der Waals surface area contributed by atoms with Crippen LogP contribution in [0.1, 0.15) is 28.9 Å². The Bertz CT molecular complexity index is 1210. The number of hydrogen-bond donors (Lipinski definition) is 1. The second-order valence-electron chi connectivity index (χ2n) is 7.80. The molecular formula is C21H17F4N7O. The maximum atomic E-state index is 14.0. The van der Waals surface area contributed by atoms with E-state index in [-0.39, 0.29) is 29.4 Å². The molecule has 2 aliphatic heterocycles. The van der Waals surface area contributed by atoms with Gasteiger partial charge in [-0.3, -0.25) is 4.79 Å². The lowest BCUT2D eigenvalue weighted by Gasteiger charge is -2.45. The smallest absolute Gasteiger partial charge is 0.360 e. The van der Waals surface area contributed by atoms with Gasteiger partial charge in [-0.1, -0.05) is 11.6 Å². The minimum atomic E-state index is -4.58. The Morgan fingerprint density at radius 1 is 1.12 bits per heavy atom. The molecule has 1 aliphatic carbocycles. The van der Waals surface area contributed by atoms with Gasteiger partial charge in [-0.2, -0.15) is 28.2 Å². The molecule has 2 atom stereocenters. The van der Waals surface area contributed by atoms with Crippen LogP contribution in [-0.4, -0.2) is 54.4 Å². The first-order valence-electron chi connectivity index (χ1n) is 10.1. The highest BCUT2D eigenvalue weighted by Crippen LogP contribution is 2.34. The first-order chi connectivity index (χ1) is 15.8. The summed E-state index contributed by atoms with van der Waals surface area (Å²) in [4.78, 5) is 23.6. The third-order valence-corrected chi connectivity index (χ3v) is 5.71. The van der Waals surface area contributed by atoms with E-state index in [1.807, 2.05) is 6.08 Å². The predicted molar refractivity (Wildman–Crippen MR) is 108 cm³/mol. The molecule has 0 saturated carbocycles. The molecule has 6 rings (SSSR count). The summed E-state index contributed by atoms with van der Waals surface area (Å²) in [6, 6.07) is 3.14. The summed E-state index contributed by atoms with van der Waals surface area (Å²) >= 11 is 0. The van der Waals surface area contributed by atoms with Crippen molar-refractivity contribution in [3.05, 3.63) is 71.7 Å². The minimum Gasteiger partial charge on any atom is -0.360 e. The van der Waals surface area contributed by atoms with Gasteiger partial charge in [0.05, 0.1) is 48.1 Å².